The topological polar surface area (TPSA) is 76.1 Å². The molecule has 4 rings (SSSR count). The Balaban J connectivity index is 1.43. The van der Waals surface area contributed by atoms with Crippen molar-refractivity contribution in [3.63, 3.8) is 0 Å². The Morgan fingerprint density at radius 3 is 2.56 bits per heavy atom. The Morgan fingerprint density at radius 1 is 1.07 bits per heavy atom. The molecule has 6 nitrogen and oxygen atoms in total. The molecule has 0 atom stereocenters. The highest BCUT2D eigenvalue weighted by molar-refractivity contribution is 7.17. The summed E-state index contributed by atoms with van der Waals surface area (Å²) in [6.07, 6.45) is 1.69. The van der Waals surface area contributed by atoms with Crippen LogP contribution in [0.25, 0.3) is 10.4 Å². The van der Waals surface area contributed by atoms with Crippen LogP contribution in [0.1, 0.15) is 28.9 Å². The van der Waals surface area contributed by atoms with Gasteiger partial charge in [0, 0.05) is 24.4 Å². The van der Waals surface area contributed by atoms with Crippen molar-refractivity contribution in [3.8, 4) is 21.9 Å². The van der Waals surface area contributed by atoms with Gasteiger partial charge in [-0.1, -0.05) is 0 Å². The monoisotopic (exact) mass is 387 g/mol. The fourth-order valence-electron chi connectivity index (χ4n) is 3.55. The molecular weight excluding hydrogens is 366 g/mol. The number of ether oxygens (including phenoxy) is 2. The molecule has 27 heavy (non-hydrogen) atoms. The second-order valence-electron chi connectivity index (χ2n) is 6.86. The first kappa shape index (κ1) is 17.9. The number of carboxylic acids is 1. The van der Waals surface area contributed by atoms with Crippen molar-refractivity contribution in [1.29, 1.82) is 0 Å². The lowest BCUT2D eigenvalue weighted by molar-refractivity contribution is -0.138. The molecular formula is C20H21NO5S. The Hall–Kier alpha value is -2.54. The van der Waals surface area contributed by atoms with Crippen LogP contribution in [0.4, 0.5) is 0 Å². The van der Waals surface area contributed by atoms with Crippen LogP contribution in [0.15, 0.2) is 30.3 Å². The largest absolute Gasteiger partial charge is 0.486 e. The summed E-state index contributed by atoms with van der Waals surface area (Å²) in [5, 5.41) is 8.91. The lowest BCUT2D eigenvalue weighted by Gasteiger charge is -2.31. The van der Waals surface area contributed by atoms with Gasteiger partial charge >= 0.3 is 5.97 Å². The van der Waals surface area contributed by atoms with Crippen LogP contribution < -0.4 is 9.47 Å². The van der Waals surface area contributed by atoms with Crippen molar-refractivity contribution < 1.29 is 24.2 Å². The highest BCUT2D eigenvalue weighted by atomic mass is 32.1. The lowest BCUT2D eigenvalue weighted by atomic mass is 9.93. The predicted molar refractivity (Wildman–Crippen MR) is 102 cm³/mol. The minimum Gasteiger partial charge on any atom is -0.486 e. The molecule has 0 spiro atoms. The number of hydrogen-bond donors (Lipinski definition) is 1. The van der Waals surface area contributed by atoms with Gasteiger partial charge in [0.05, 0.1) is 4.88 Å². The van der Waals surface area contributed by atoms with E-state index < -0.39 is 5.97 Å². The Bertz CT molecular complexity index is 854. The maximum atomic E-state index is 12.8. The van der Waals surface area contributed by atoms with Gasteiger partial charge in [0.1, 0.15) is 13.2 Å². The van der Waals surface area contributed by atoms with Gasteiger partial charge in [-0.15, -0.1) is 11.3 Å². The molecule has 2 aliphatic rings. The summed E-state index contributed by atoms with van der Waals surface area (Å²) in [4.78, 5) is 27.2. The molecule has 0 bridgehead atoms. The summed E-state index contributed by atoms with van der Waals surface area (Å²) in [5.41, 5.74) is 1.00. The van der Waals surface area contributed by atoms with Crippen LogP contribution in [0.3, 0.4) is 0 Å². The summed E-state index contributed by atoms with van der Waals surface area (Å²) >= 11 is 1.47. The normalized spacial score (nSPS) is 17.0. The van der Waals surface area contributed by atoms with Crippen molar-refractivity contribution in [2.24, 2.45) is 5.92 Å². The number of nitrogens with zero attached hydrogens (tertiary/aromatic N) is 1. The highest BCUT2D eigenvalue weighted by Gasteiger charge is 2.26. The second-order valence-corrected chi connectivity index (χ2v) is 7.94. The molecule has 7 heteroatoms. The van der Waals surface area contributed by atoms with Crippen LogP contribution in [-0.4, -0.2) is 48.2 Å². The first-order valence-electron chi connectivity index (χ1n) is 9.11. The van der Waals surface area contributed by atoms with E-state index >= 15 is 0 Å². The van der Waals surface area contributed by atoms with Crippen LogP contribution in [0.5, 0.6) is 11.5 Å². The van der Waals surface area contributed by atoms with Crippen molar-refractivity contribution >= 4 is 23.2 Å². The van der Waals surface area contributed by atoms with Gasteiger partial charge in [-0.05, 0) is 54.7 Å². The van der Waals surface area contributed by atoms with Gasteiger partial charge in [-0.25, -0.2) is 0 Å². The molecule has 1 aromatic carbocycles. The molecule has 1 aromatic heterocycles. The van der Waals surface area contributed by atoms with Gasteiger partial charge in [-0.3, -0.25) is 9.59 Å². The van der Waals surface area contributed by atoms with Crippen molar-refractivity contribution in [2.45, 2.75) is 19.3 Å². The summed E-state index contributed by atoms with van der Waals surface area (Å²) in [6, 6.07) is 9.65. The number of thiophene rings is 1. The number of carbonyl (C=O) groups is 2. The number of fused-ring (bicyclic) bond motifs is 1. The Morgan fingerprint density at radius 2 is 1.81 bits per heavy atom. The van der Waals surface area contributed by atoms with Crippen LogP contribution in [0.2, 0.25) is 0 Å². The fraction of sp³-hybridized carbons (Fsp3) is 0.400. The number of aliphatic carboxylic acids is 1. The molecule has 1 N–H and O–H groups in total. The molecule has 142 valence electrons. The third-order valence-corrected chi connectivity index (χ3v) is 6.13. The summed E-state index contributed by atoms with van der Waals surface area (Å²) in [6.45, 7) is 2.34. The number of piperidine rings is 1. The SMILES string of the molecule is O=C(O)CC1CCN(C(=O)c2ccc(-c3ccc4c(c3)OCCO4)s2)CC1. The zero-order valence-corrected chi connectivity index (χ0v) is 15.7. The van der Waals surface area contributed by atoms with Crippen LogP contribution in [-0.2, 0) is 4.79 Å². The van der Waals surface area contributed by atoms with E-state index in [1.54, 1.807) is 0 Å². The first-order valence-corrected chi connectivity index (χ1v) is 9.93. The molecule has 1 saturated heterocycles. The molecule has 1 amide bonds. The van der Waals surface area contributed by atoms with Gasteiger partial charge in [0.15, 0.2) is 11.5 Å². The van der Waals surface area contributed by atoms with Crippen LogP contribution in [0, 0.1) is 5.92 Å². The van der Waals surface area contributed by atoms with Gasteiger partial charge in [-0.2, -0.15) is 0 Å². The zero-order chi connectivity index (χ0) is 18.8. The van der Waals surface area contributed by atoms with E-state index in [1.807, 2.05) is 35.2 Å². The quantitative estimate of drug-likeness (QED) is 0.869. The summed E-state index contributed by atoms with van der Waals surface area (Å²) < 4.78 is 11.2. The molecule has 0 radical (unpaired) electrons. The summed E-state index contributed by atoms with van der Waals surface area (Å²) in [7, 11) is 0. The van der Waals surface area contributed by atoms with E-state index in [9.17, 15) is 9.59 Å². The van der Waals surface area contributed by atoms with Crippen LogP contribution >= 0.6 is 11.3 Å². The van der Waals surface area contributed by atoms with E-state index in [-0.39, 0.29) is 18.2 Å². The smallest absolute Gasteiger partial charge is 0.303 e. The Kier molecular flexibility index (Phi) is 5.03. The third kappa shape index (κ3) is 3.93. The van der Waals surface area contributed by atoms with Crippen molar-refractivity contribution in [2.75, 3.05) is 26.3 Å². The van der Waals surface area contributed by atoms with E-state index in [2.05, 4.69) is 0 Å². The van der Waals surface area contributed by atoms with E-state index in [1.165, 1.54) is 11.3 Å². The minimum atomic E-state index is -0.762. The molecule has 0 saturated carbocycles. The number of carbonyl (C=O) groups excluding carboxylic acids is 1. The second kappa shape index (κ2) is 7.60. The van der Waals surface area contributed by atoms with E-state index in [0.717, 1.165) is 34.8 Å². The van der Waals surface area contributed by atoms with E-state index in [4.69, 9.17) is 14.6 Å². The molecule has 0 aliphatic carbocycles. The number of rotatable bonds is 4. The number of likely N-dealkylation sites (tertiary alicyclic amines) is 1. The number of benzene rings is 1. The average molecular weight is 387 g/mol. The highest BCUT2D eigenvalue weighted by Crippen LogP contribution is 2.37. The fourth-order valence-corrected chi connectivity index (χ4v) is 4.52. The van der Waals surface area contributed by atoms with Crippen molar-refractivity contribution in [1.82, 2.24) is 4.90 Å². The number of hydrogen-bond acceptors (Lipinski definition) is 5. The average Bonchev–Trinajstić information content (AvgIpc) is 3.17. The van der Waals surface area contributed by atoms with E-state index in [0.29, 0.717) is 31.2 Å². The standard InChI is InChI=1S/C20H21NO5S/c22-19(23)11-13-5-7-21(8-6-13)20(24)18-4-3-17(27-18)14-1-2-15-16(12-14)26-10-9-25-15/h1-4,12-13H,5-11H2,(H,22,23). The maximum absolute atomic E-state index is 12.8. The third-order valence-electron chi connectivity index (χ3n) is 5.01. The molecule has 0 unspecified atom stereocenters. The Labute approximate surface area is 161 Å². The summed E-state index contributed by atoms with van der Waals surface area (Å²) in [5.74, 6) is 0.922. The number of carboxylic acid groups (broad SMARTS) is 1. The van der Waals surface area contributed by atoms with Gasteiger partial charge < -0.3 is 19.5 Å². The van der Waals surface area contributed by atoms with Crippen molar-refractivity contribution in [3.05, 3.63) is 35.2 Å². The maximum Gasteiger partial charge on any atom is 0.303 e. The van der Waals surface area contributed by atoms with Gasteiger partial charge in [0.2, 0.25) is 0 Å². The zero-order valence-electron chi connectivity index (χ0n) is 14.8. The minimum absolute atomic E-state index is 0.0255. The molecule has 1 fully saturated rings. The lowest BCUT2D eigenvalue weighted by Crippen LogP contribution is -2.38. The molecule has 2 aliphatic heterocycles. The van der Waals surface area contributed by atoms with Gasteiger partial charge in [0.25, 0.3) is 5.91 Å². The first-order chi connectivity index (χ1) is 13.1. The molecule has 2 aromatic rings. The predicted octanol–water partition coefficient (Wildman–Crippen LogP) is 3.51. The number of amides is 1. The molecule has 3 heterocycles.